The standard InChI is InChI=1S/C15H13F2NO3S/c1-21-12-6-13(16)15(14(17)7-12)22(19,20)18-8-10-4-2-3-5-11(10)9-18/h2-7H,8-9H2,1H3. The van der Waals surface area contributed by atoms with Gasteiger partial charge in [-0.1, -0.05) is 24.3 Å². The molecule has 2 aromatic carbocycles. The fourth-order valence-electron chi connectivity index (χ4n) is 2.50. The summed E-state index contributed by atoms with van der Waals surface area (Å²) in [6.07, 6.45) is 0. The highest BCUT2D eigenvalue weighted by molar-refractivity contribution is 7.89. The molecule has 4 nitrogen and oxygen atoms in total. The first kappa shape index (κ1) is 14.9. The average Bonchev–Trinajstić information content (AvgIpc) is 2.90. The lowest BCUT2D eigenvalue weighted by Gasteiger charge is -2.17. The van der Waals surface area contributed by atoms with Crippen molar-refractivity contribution in [3.8, 4) is 5.75 Å². The van der Waals surface area contributed by atoms with Crippen LogP contribution in [-0.2, 0) is 23.1 Å². The highest BCUT2D eigenvalue weighted by Gasteiger charge is 2.35. The van der Waals surface area contributed by atoms with E-state index in [4.69, 9.17) is 4.74 Å². The van der Waals surface area contributed by atoms with Gasteiger partial charge >= 0.3 is 0 Å². The minimum atomic E-state index is -4.26. The van der Waals surface area contributed by atoms with Gasteiger partial charge in [-0.05, 0) is 11.1 Å². The summed E-state index contributed by atoms with van der Waals surface area (Å²) >= 11 is 0. The van der Waals surface area contributed by atoms with E-state index in [-0.39, 0.29) is 18.8 Å². The molecule has 0 saturated heterocycles. The summed E-state index contributed by atoms with van der Waals surface area (Å²) in [5.74, 6) is -2.39. The van der Waals surface area contributed by atoms with Crippen LogP contribution in [0.2, 0.25) is 0 Å². The third-order valence-corrected chi connectivity index (χ3v) is 5.46. The molecule has 2 aromatic rings. The summed E-state index contributed by atoms with van der Waals surface area (Å²) < 4.78 is 59.0. The number of sulfonamides is 1. The van der Waals surface area contributed by atoms with Crippen LogP contribution in [0, 0.1) is 11.6 Å². The number of ether oxygens (including phenoxy) is 1. The van der Waals surface area contributed by atoms with Crippen LogP contribution in [0.15, 0.2) is 41.3 Å². The molecule has 0 aromatic heterocycles. The fourth-order valence-corrected chi connectivity index (χ4v) is 3.99. The lowest BCUT2D eigenvalue weighted by atomic mass is 10.1. The number of rotatable bonds is 3. The van der Waals surface area contributed by atoms with E-state index in [9.17, 15) is 17.2 Å². The molecule has 116 valence electrons. The number of benzene rings is 2. The lowest BCUT2D eigenvalue weighted by molar-refractivity contribution is 0.396. The van der Waals surface area contributed by atoms with Crippen LogP contribution in [0.1, 0.15) is 11.1 Å². The number of hydrogen-bond acceptors (Lipinski definition) is 3. The molecule has 0 saturated carbocycles. The molecule has 1 heterocycles. The van der Waals surface area contributed by atoms with Gasteiger partial charge in [0.2, 0.25) is 10.0 Å². The maximum atomic E-state index is 14.1. The lowest BCUT2D eigenvalue weighted by Crippen LogP contribution is -2.27. The van der Waals surface area contributed by atoms with Crippen molar-refractivity contribution < 1.29 is 21.9 Å². The molecular formula is C15H13F2NO3S. The maximum Gasteiger partial charge on any atom is 0.249 e. The summed E-state index contributed by atoms with van der Waals surface area (Å²) in [4.78, 5) is -0.943. The third kappa shape index (κ3) is 2.36. The molecule has 0 unspecified atom stereocenters. The second-order valence-corrected chi connectivity index (χ2v) is 6.84. The molecule has 0 radical (unpaired) electrons. The van der Waals surface area contributed by atoms with Crippen molar-refractivity contribution in [2.24, 2.45) is 0 Å². The van der Waals surface area contributed by atoms with E-state index in [0.717, 1.165) is 27.6 Å². The van der Waals surface area contributed by atoms with Gasteiger partial charge in [-0.2, -0.15) is 4.31 Å². The Morgan fingerprint density at radius 2 is 1.55 bits per heavy atom. The van der Waals surface area contributed by atoms with E-state index in [2.05, 4.69) is 0 Å². The van der Waals surface area contributed by atoms with Gasteiger partial charge in [0, 0.05) is 25.2 Å². The summed E-state index contributed by atoms with van der Waals surface area (Å²) in [6.45, 7) is 0.201. The smallest absolute Gasteiger partial charge is 0.249 e. The van der Waals surface area contributed by atoms with Crippen LogP contribution in [-0.4, -0.2) is 19.8 Å². The Kier molecular flexibility index (Phi) is 3.62. The Morgan fingerprint density at radius 1 is 1.05 bits per heavy atom. The molecule has 3 rings (SSSR count). The number of hydrogen-bond donors (Lipinski definition) is 0. The van der Waals surface area contributed by atoms with Crippen molar-refractivity contribution in [2.45, 2.75) is 18.0 Å². The molecule has 0 fully saturated rings. The van der Waals surface area contributed by atoms with Crippen molar-refractivity contribution in [2.75, 3.05) is 7.11 Å². The zero-order chi connectivity index (χ0) is 15.9. The molecule has 0 amide bonds. The normalized spacial score (nSPS) is 14.9. The Hall–Kier alpha value is -1.99. The van der Waals surface area contributed by atoms with Gasteiger partial charge in [-0.25, -0.2) is 17.2 Å². The van der Waals surface area contributed by atoms with E-state index in [1.54, 1.807) is 24.3 Å². The first-order chi connectivity index (χ1) is 10.4. The van der Waals surface area contributed by atoms with Crippen LogP contribution in [0.3, 0.4) is 0 Å². The minimum Gasteiger partial charge on any atom is -0.497 e. The van der Waals surface area contributed by atoms with Crippen molar-refractivity contribution in [3.63, 3.8) is 0 Å². The zero-order valence-corrected chi connectivity index (χ0v) is 12.5. The van der Waals surface area contributed by atoms with E-state index in [1.165, 1.54) is 7.11 Å². The van der Waals surface area contributed by atoms with Gasteiger partial charge < -0.3 is 4.74 Å². The highest BCUT2D eigenvalue weighted by Crippen LogP contribution is 2.32. The van der Waals surface area contributed by atoms with Gasteiger partial charge in [-0.15, -0.1) is 0 Å². The van der Waals surface area contributed by atoms with E-state index in [1.807, 2.05) is 0 Å². The first-order valence-corrected chi connectivity index (χ1v) is 7.97. The molecule has 1 aliphatic rings. The SMILES string of the molecule is COc1cc(F)c(S(=O)(=O)N2Cc3ccccc3C2)c(F)c1. The molecule has 0 aliphatic carbocycles. The molecule has 0 atom stereocenters. The summed E-state index contributed by atoms with van der Waals surface area (Å²) in [6, 6.07) is 8.91. The molecule has 0 bridgehead atoms. The maximum absolute atomic E-state index is 14.1. The second kappa shape index (κ2) is 5.33. The molecule has 0 spiro atoms. The van der Waals surface area contributed by atoms with E-state index in [0.29, 0.717) is 0 Å². The number of fused-ring (bicyclic) bond motifs is 1. The zero-order valence-electron chi connectivity index (χ0n) is 11.7. The van der Waals surface area contributed by atoms with Gasteiger partial charge in [0.05, 0.1) is 7.11 Å². The number of nitrogens with zero attached hydrogens (tertiary/aromatic N) is 1. The van der Waals surface area contributed by atoms with Crippen molar-refractivity contribution in [1.82, 2.24) is 4.31 Å². The molecular weight excluding hydrogens is 312 g/mol. The summed E-state index contributed by atoms with van der Waals surface area (Å²) in [7, 11) is -3.02. The first-order valence-electron chi connectivity index (χ1n) is 6.53. The fraction of sp³-hybridized carbons (Fsp3) is 0.200. The van der Waals surface area contributed by atoms with Crippen molar-refractivity contribution in [1.29, 1.82) is 0 Å². The van der Waals surface area contributed by atoms with Gasteiger partial charge in [0.25, 0.3) is 0 Å². The van der Waals surface area contributed by atoms with Crippen molar-refractivity contribution >= 4 is 10.0 Å². The number of methoxy groups -OCH3 is 1. The van der Waals surface area contributed by atoms with Crippen LogP contribution in [0.4, 0.5) is 8.78 Å². The monoisotopic (exact) mass is 325 g/mol. The highest BCUT2D eigenvalue weighted by atomic mass is 32.2. The van der Waals surface area contributed by atoms with E-state index < -0.39 is 26.6 Å². The molecule has 0 N–H and O–H groups in total. The van der Waals surface area contributed by atoms with Crippen LogP contribution >= 0.6 is 0 Å². The summed E-state index contributed by atoms with van der Waals surface area (Å²) in [5.41, 5.74) is 1.67. The predicted molar refractivity (Wildman–Crippen MR) is 75.8 cm³/mol. The predicted octanol–water partition coefficient (Wildman–Crippen LogP) is 2.68. The largest absolute Gasteiger partial charge is 0.497 e. The average molecular weight is 325 g/mol. The van der Waals surface area contributed by atoms with E-state index >= 15 is 0 Å². The molecule has 1 aliphatic heterocycles. The van der Waals surface area contributed by atoms with Crippen LogP contribution in [0.5, 0.6) is 5.75 Å². The Labute approximate surface area is 127 Å². The van der Waals surface area contributed by atoms with Gasteiger partial charge in [0.1, 0.15) is 17.4 Å². The Balaban J connectivity index is 2.02. The third-order valence-electron chi connectivity index (χ3n) is 3.62. The van der Waals surface area contributed by atoms with Gasteiger partial charge in [-0.3, -0.25) is 0 Å². The van der Waals surface area contributed by atoms with Gasteiger partial charge in [0.15, 0.2) is 4.90 Å². The topological polar surface area (TPSA) is 46.6 Å². The molecule has 22 heavy (non-hydrogen) atoms. The number of halogens is 2. The summed E-state index contributed by atoms with van der Waals surface area (Å²) in [5, 5.41) is 0. The quantitative estimate of drug-likeness (QED) is 0.872. The second-order valence-electron chi connectivity index (χ2n) is 4.96. The Bertz CT molecular complexity index is 788. The van der Waals surface area contributed by atoms with Crippen LogP contribution in [0.25, 0.3) is 0 Å². The van der Waals surface area contributed by atoms with Crippen molar-refractivity contribution in [3.05, 3.63) is 59.2 Å². The minimum absolute atomic E-state index is 0.0707. The molecule has 7 heteroatoms. The van der Waals surface area contributed by atoms with Crippen LogP contribution < -0.4 is 4.74 Å². The Morgan fingerprint density at radius 3 is 2.00 bits per heavy atom.